The highest BCUT2D eigenvalue weighted by molar-refractivity contribution is 5.91. The molecule has 0 fully saturated rings. The molecule has 0 heterocycles. The predicted octanol–water partition coefficient (Wildman–Crippen LogP) is 2.82. The molecule has 1 aromatic rings. The summed E-state index contributed by atoms with van der Waals surface area (Å²) in [6.07, 6.45) is 1.45. The third kappa shape index (κ3) is 3.57. The van der Waals surface area contributed by atoms with Crippen LogP contribution in [0.15, 0.2) is 18.2 Å². The zero-order chi connectivity index (χ0) is 12.1. The second-order valence-electron chi connectivity index (χ2n) is 4.41. The summed E-state index contributed by atoms with van der Waals surface area (Å²) < 4.78 is 0. The van der Waals surface area contributed by atoms with E-state index in [1.54, 1.807) is 0 Å². The molecule has 0 aromatic heterocycles. The maximum Gasteiger partial charge on any atom is 0.224 e. The Balaban J connectivity index is 2.68. The summed E-state index contributed by atoms with van der Waals surface area (Å²) in [6, 6.07) is 5.67. The highest BCUT2D eigenvalue weighted by Gasteiger charge is 2.06. The normalized spacial score (nSPS) is 10.5. The summed E-state index contributed by atoms with van der Waals surface area (Å²) >= 11 is 0. The molecule has 3 heteroatoms. The molecule has 0 spiro atoms. The fourth-order valence-electron chi connectivity index (χ4n) is 1.58. The van der Waals surface area contributed by atoms with Gasteiger partial charge in [0.25, 0.3) is 0 Å². The Labute approximate surface area is 97.0 Å². The van der Waals surface area contributed by atoms with Crippen molar-refractivity contribution in [3.8, 4) is 0 Å². The number of hydrogen-bond acceptors (Lipinski definition) is 2. The van der Waals surface area contributed by atoms with Crippen molar-refractivity contribution in [1.82, 2.24) is 0 Å². The number of rotatable bonds is 4. The summed E-state index contributed by atoms with van der Waals surface area (Å²) in [5.74, 6) is 0.408. The van der Waals surface area contributed by atoms with Crippen LogP contribution in [0.25, 0.3) is 0 Å². The Bertz CT molecular complexity index is 372. The lowest BCUT2D eigenvalue weighted by atomic mass is 10.1. The van der Waals surface area contributed by atoms with Gasteiger partial charge in [-0.1, -0.05) is 26.8 Å². The van der Waals surface area contributed by atoms with Gasteiger partial charge in [-0.25, -0.2) is 0 Å². The van der Waals surface area contributed by atoms with Crippen molar-refractivity contribution >= 4 is 17.3 Å². The van der Waals surface area contributed by atoms with Gasteiger partial charge in [0.05, 0.1) is 0 Å². The molecule has 0 aliphatic carbocycles. The third-order valence-electron chi connectivity index (χ3n) is 2.40. The summed E-state index contributed by atoms with van der Waals surface area (Å²) in [5, 5.41) is 2.85. The number of carbonyl (C=O) groups is 1. The van der Waals surface area contributed by atoms with E-state index < -0.39 is 0 Å². The van der Waals surface area contributed by atoms with Crippen LogP contribution in [-0.2, 0) is 11.2 Å². The van der Waals surface area contributed by atoms with Crippen molar-refractivity contribution in [3.05, 3.63) is 23.8 Å². The Hall–Kier alpha value is -1.51. The lowest BCUT2D eigenvalue weighted by molar-refractivity contribution is -0.116. The fraction of sp³-hybridized carbons (Fsp3) is 0.462. The molecule has 0 saturated carbocycles. The number of hydrogen-bond donors (Lipinski definition) is 2. The van der Waals surface area contributed by atoms with Crippen molar-refractivity contribution in [2.75, 3.05) is 11.1 Å². The van der Waals surface area contributed by atoms with E-state index >= 15 is 0 Å². The summed E-state index contributed by atoms with van der Waals surface area (Å²) in [7, 11) is 0. The third-order valence-corrected chi connectivity index (χ3v) is 2.40. The number of nitrogen functional groups attached to an aromatic ring is 1. The Morgan fingerprint density at radius 2 is 2.12 bits per heavy atom. The number of nitrogens with two attached hydrogens (primary N) is 1. The maximum atomic E-state index is 11.5. The molecule has 1 rings (SSSR count). The first kappa shape index (κ1) is 12.6. The van der Waals surface area contributed by atoms with Crippen LogP contribution in [0.5, 0.6) is 0 Å². The molecule has 0 aliphatic rings. The minimum atomic E-state index is 0.0404. The van der Waals surface area contributed by atoms with Gasteiger partial charge in [0.15, 0.2) is 0 Å². The largest absolute Gasteiger partial charge is 0.398 e. The van der Waals surface area contributed by atoms with Crippen molar-refractivity contribution in [2.24, 2.45) is 5.92 Å². The summed E-state index contributed by atoms with van der Waals surface area (Å²) in [4.78, 5) is 11.5. The number of amides is 1. The number of anilines is 2. The number of nitrogens with one attached hydrogen (secondary N) is 1. The summed E-state index contributed by atoms with van der Waals surface area (Å²) in [5.41, 5.74) is 8.49. The second-order valence-corrected chi connectivity index (χ2v) is 4.41. The van der Waals surface area contributed by atoms with E-state index in [1.807, 2.05) is 32.0 Å². The first-order valence-corrected chi connectivity index (χ1v) is 5.71. The average Bonchev–Trinajstić information content (AvgIpc) is 2.16. The van der Waals surface area contributed by atoms with Crippen molar-refractivity contribution in [2.45, 2.75) is 33.6 Å². The van der Waals surface area contributed by atoms with Crippen LogP contribution in [0, 0.1) is 5.92 Å². The predicted molar refractivity (Wildman–Crippen MR) is 68.3 cm³/mol. The summed E-state index contributed by atoms with van der Waals surface area (Å²) in [6.45, 7) is 6.10. The molecule has 0 aliphatic heterocycles. The van der Waals surface area contributed by atoms with Crippen LogP contribution < -0.4 is 11.1 Å². The van der Waals surface area contributed by atoms with Gasteiger partial charge in [0.2, 0.25) is 5.91 Å². The topological polar surface area (TPSA) is 55.1 Å². The van der Waals surface area contributed by atoms with Gasteiger partial charge < -0.3 is 11.1 Å². The zero-order valence-electron chi connectivity index (χ0n) is 10.2. The van der Waals surface area contributed by atoms with E-state index in [0.29, 0.717) is 12.3 Å². The van der Waals surface area contributed by atoms with Crippen molar-refractivity contribution < 1.29 is 4.79 Å². The van der Waals surface area contributed by atoms with Crippen LogP contribution >= 0.6 is 0 Å². The Kier molecular flexibility index (Phi) is 4.35. The molecule has 1 aromatic carbocycles. The van der Waals surface area contributed by atoms with Crippen LogP contribution in [0.2, 0.25) is 0 Å². The van der Waals surface area contributed by atoms with Gasteiger partial charge in [-0.15, -0.1) is 0 Å². The van der Waals surface area contributed by atoms with Gasteiger partial charge in [0.1, 0.15) is 0 Å². The molecule has 3 N–H and O–H groups in total. The van der Waals surface area contributed by atoms with E-state index in [0.717, 1.165) is 23.4 Å². The Morgan fingerprint density at radius 1 is 1.44 bits per heavy atom. The van der Waals surface area contributed by atoms with Gasteiger partial charge in [-0.3, -0.25) is 4.79 Å². The molecule has 0 atom stereocenters. The van der Waals surface area contributed by atoms with Crippen LogP contribution in [0.3, 0.4) is 0 Å². The van der Waals surface area contributed by atoms with E-state index in [4.69, 9.17) is 5.73 Å². The minimum Gasteiger partial charge on any atom is -0.398 e. The minimum absolute atomic E-state index is 0.0404. The molecule has 16 heavy (non-hydrogen) atoms. The molecular formula is C13H20N2O. The molecule has 0 bridgehead atoms. The zero-order valence-corrected chi connectivity index (χ0v) is 10.2. The first-order valence-electron chi connectivity index (χ1n) is 5.71. The number of carbonyl (C=O) groups excluding carboxylic acids is 1. The lowest BCUT2D eigenvalue weighted by Gasteiger charge is -2.09. The van der Waals surface area contributed by atoms with Crippen LogP contribution in [-0.4, -0.2) is 5.91 Å². The molecule has 1 amide bonds. The number of benzene rings is 1. The van der Waals surface area contributed by atoms with E-state index in [2.05, 4.69) is 12.2 Å². The molecule has 3 nitrogen and oxygen atoms in total. The molecule has 0 unspecified atom stereocenters. The van der Waals surface area contributed by atoms with Gasteiger partial charge in [0, 0.05) is 17.8 Å². The molecule has 0 radical (unpaired) electrons. The number of aryl methyl sites for hydroxylation is 1. The van der Waals surface area contributed by atoms with Crippen LogP contribution in [0.1, 0.15) is 32.8 Å². The fourth-order valence-corrected chi connectivity index (χ4v) is 1.58. The van der Waals surface area contributed by atoms with Gasteiger partial charge in [-0.05, 0) is 30.0 Å². The van der Waals surface area contributed by atoms with Crippen LogP contribution in [0.4, 0.5) is 11.4 Å². The van der Waals surface area contributed by atoms with Gasteiger partial charge in [-0.2, -0.15) is 0 Å². The maximum absolute atomic E-state index is 11.5. The monoisotopic (exact) mass is 220 g/mol. The second kappa shape index (κ2) is 5.54. The highest BCUT2D eigenvalue weighted by atomic mass is 16.1. The van der Waals surface area contributed by atoms with E-state index in [9.17, 15) is 4.79 Å². The standard InChI is InChI=1S/C13H20N2O/c1-4-10-5-6-11(8-12(10)14)15-13(16)7-9(2)3/h5-6,8-9H,4,7,14H2,1-3H3,(H,15,16). The van der Waals surface area contributed by atoms with Gasteiger partial charge >= 0.3 is 0 Å². The lowest BCUT2D eigenvalue weighted by Crippen LogP contribution is -2.14. The first-order chi connectivity index (χ1) is 7.52. The molecule has 0 saturated heterocycles. The molecule has 88 valence electrons. The smallest absolute Gasteiger partial charge is 0.224 e. The SMILES string of the molecule is CCc1ccc(NC(=O)CC(C)C)cc1N. The van der Waals surface area contributed by atoms with E-state index in [-0.39, 0.29) is 5.91 Å². The highest BCUT2D eigenvalue weighted by Crippen LogP contribution is 2.18. The van der Waals surface area contributed by atoms with Crippen molar-refractivity contribution in [3.63, 3.8) is 0 Å². The quantitative estimate of drug-likeness (QED) is 0.767. The average molecular weight is 220 g/mol. The Morgan fingerprint density at radius 3 is 2.62 bits per heavy atom. The van der Waals surface area contributed by atoms with Crippen molar-refractivity contribution in [1.29, 1.82) is 0 Å². The molecular weight excluding hydrogens is 200 g/mol. The van der Waals surface area contributed by atoms with E-state index in [1.165, 1.54) is 0 Å².